The third-order valence-corrected chi connectivity index (χ3v) is 5.49. The molecule has 1 aliphatic heterocycles. The van der Waals surface area contributed by atoms with Crippen molar-refractivity contribution < 1.29 is 19.0 Å². The van der Waals surface area contributed by atoms with E-state index in [9.17, 15) is 4.79 Å². The quantitative estimate of drug-likeness (QED) is 0.410. The van der Waals surface area contributed by atoms with Crippen molar-refractivity contribution in [3.63, 3.8) is 0 Å². The van der Waals surface area contributed by atoms with E-state index < -0.39 is 0 Å². The molecule has 1 N–H and O–H groups in total. The zero-order valence-electron chi connectivity index (χ0n) is 19.2. The number of hydrogen-bond acceptors (Lipinski definition) is 5. The summed E-state index contributed by atoms with van der Waals surface area (Å²) in [4.78, 5) is 16.9. The molecule has 32 heavy (non-hydrogen) atoms. The van der Waals surface area contributed by atoms with Crippen LogP contribution < -0.4 is 24.4 Å². The van der Waals surface area contributed by atoms with Crippen LogP contribution in [0.3, 0.4) is 0 Å². The molecule has 0 spiro atoms. The van der Waals surface area contributed by atoms with Crippen molar-refractivity contribution in [2.24, 2.45) is 0 Å². The molecule has 172 valence electrons. The number of amides is 2. The van der Waals surface area contributed by atoms with E-state index in [0.717, 1.165) is 49.4 Å². The van der Waals surface area contributed by atoms with Gasteiger partial charge in [-0.2, -0.15) is 0 Å². The van der Waals surface area contributed by atoms with Crippen LogP contribution in [0.5, 0.6) is 17.2 Å². The number of unbranched alkanes of at least 4 members (excludes halogenated alkanes) is 1. The average molecular weight is 440 g/mol. The molecule has 7 heteroatoms. The van der Waals surface area contributed by atoms with Crippen LogP contribution >= 0.6 is 0 Å². The van der Waals surface area contributed by atoms with Crippen molar-refractivity contribution in [1.82, 2.24) is 4.90 Å². The third kappa shape index (κ3) is 5.95. The Labute approximate surface area is 190 Å². The van der Waals surface area contributed by atoms with E-state index in [4.69, 9.17) is 14.2 Å². The molecular formula is C25H33N3O4. The minimum atomic E-state index is -0.190. The van der Waals surface area contributed by atoms with E-state index in [1.807, 2.05) is 24.3 Å². The van der Waals surface area contributed by atoms with Gasteiger partial charge in [0.2, 0.25) is 0 Å². The summed E-state index contributed by atoms with van der Waals surface area (Å²) in [7, 11) is 5.25. The lowest BCUT2D eigenvalue weighted by Gasteiger charge is -2.19. The minimum absolute atomic E-state index is 0.190. The number of benzene rings is 2. The molecule has 0 aromatic heterocycles. The summed E-state index contributed by atoms with van der Waals surface area (Å²) in [5, 5.41) is 2.94. The third-order valence-electron chi connectivity index (χ3n) is 5.49. The Morgan fingerprint density at radius 3 is 2.72 bits per heavy atom. The maximum absolute atomic E-state index is 12.9. The number of methoxy groups -OCH3 is 2. The molecule has 7 nitrogen and oxygen atoms in total. The maximum atomic E-state index is 12.9. The Balaban J connectivity index is 1.55. The number of fused-ring (bicyclic) bond motifs is 1. The largest absolute Gasteiger partial charge is 0.497 e. The number of nitrogens with zero attached hydrogens (tertiary/aromatic N) is 2. The highest BCUT2D eigenvalue weighted by Crippen LogP contribution is 2.33. The van der Waals surface area contributed by atoms with Gasteiger partial charge in [-0.25, -0.2) is 4.79 Å². The van der Waals surface area contributed by atoms with Gasteiger partial charge in [-0.1, -0.05) is 6.08 Å². The van der Waals surface area contributed by atoms with Crippen molar-refractivity contribution in [3.05, 3.63) is 54.6 Å². The number of carbonyl (C=O) groups is 1. The lowest BCUT2D eigenvalue weighted by Crippen LogP contribution is -2.33. The first-order chi connectivity index (χ1) is 15.5. The highest BCUT2D eigenvalue weighted by atomic mass is 16.5. The fraction of sp³-hybridized carbons (Fsp3) is 0.400. The van der Waals surface area contributed by atoms with E-state index in [1.165, 1.54) is 0 Å². The number of rotatable bonds is 11. The Hall–Kier alpha value is -3.19. The topological polar surface area (TPSA) is 63.3 Å². The Morgan fingerprint density at radius 2 is 1.97 bits per heavy atom. The van der Waals surface area contributed by atoms with Crippen LogP contribution in [0.25, 0.3) is 0 Å². The molecule has 0 fully saturated rings. The molecule has 1 heterocycles. The van der Waals surface area contributed by atoms with Crippen LogP contribution in [-0.4, -0.2) is 58.4 Å². The summed E-state index contributed by atoms with van der Waals surface area (Å²) in [5.74, 6) is 2.07. The highest BCUT2D eigenvalue weighted by Gasteiger charge is 2.25. The second kappa shape index (κ2) is 11.4. The Kier molecular flexibility index (Phi) is 8.39. The van der Waals surface area contributed by atoms with Crippen molar-refractivity contribution in [1.29, 1.82) is 0 Å². The monoisotopic (exact) mass is 439 g/mol. The predicted octanol–water partition coefficient (Wildman–Crippen LogP) is 4.58. The molecule has 0 bridgehead atoms. The Bertz CT molecular complexity index is 931. The van der Waals surface area contributed by atoms with Gasteiger partial charge in [0.25, 0.3) is 0 Å². The smallest absolute Gasteiger partial charge is 0.326 e. The zero-order chi connectivity index (χ0) is 22.9. The number of likely N-dealkylation sites (N-methyl/N-ethyl adjacent to an activating group) is 1. The summed E-state index contributed by atoms with van der Waals surface area (Å²) in [6.07, 6.45) is 4.79. The number of ether oxygens (including phenoxy) is 3. The molecule has 0 saturated carbocycles. The number of carbonyl (C=O) groups excluding carboxylic acids is 1. The van der Waals surface area contributed by atoms with Gasteiger partial charge < -0.3 is 24.4 Å². The summed E-state index contributed by atoms with van der Waals surface area (Å²) < 4.78 is 16.5. The van der Waals surface area contributed by atoms with Gasteiger partial charge in [0.1, 0.15) is 17.2 Å². The number of urea groups is 1. The van der Waals surface area contributed by atoms with Gasteiger partial charge in [0, 0.05) is 24.8 Å². The van der Waals surface area contributed by atoms with Gasteiger partial charge >= 0.3 is 6.03 Å². The van der Waals surface area contributed by atoms with E-state index in [0.29, 0.717) is 30.3 Å². The normalized spacial score (nSPS) is 12.4. The first-order valence-corrected chi connectivity index (χ1v) is 10.9. The van der Waals surface area contributed by atoms with Crippen molar-refractivity contribution >= 4 is 17.4 Å². The molecule has 0 saturated heterocycles. The van der Waals surface area contributed by atoms with Crippen LogP contribution in [0.4, 0.5) is 16.2 Å². The first-order valence-electron chi connectivity index (χ1n) is 10.9. The van der Waals surface area contributed by atoms with E-state index in [1.54, 1.807) is 37.3 Å². The second-order valence-corrected chi connectivity index (χ2v) is 7.80. The summed E-state index contributed by atoms with van der Waals surface area (Å²) in [5.41, 5.74) is 2.63. The van der Waals surface area contributed by atoms with E-state index in [-0.39, 0.29) is 6.03 Å². The summed E-state index contributed by atoms with van der Waals surface area (Å²) in [6.45, 7) is 7.00. The zero-order valence-corrected chi connectivity index (χ0v) is 19.2. The first kappa shape index (κ1) is 23.5. The van der Waals surface area contributed by atoms with Gasteiger partial charge in [-0.3, -0.25) is 4.90 Å². The van der Waals surface area contributed by atoms with Crippen LogP contribution in [0.15, 0.2) is 49.1 Å². The van der Waals surface area contributed by atoms with Gasteiger partial charge in [-0.15, -0.1) is 6.58 Å². The summed E-state index contributed by atoms with van der Waals surface area (Å²) >= 11 is 0. The van der Waals surface area contributed by atoms with Crippen molar-refractivity contribution in [2.75, 3.05) is 57.7 Å². The van der Waals surface area contributed by atoms with Crippen molar-refractivity contribution in [3.8, 4) is 17.2 Å². The molecule has 2 aromatic rings. The molecule has 3 rings (SSSR count). The predicted molar refractivity (Wildman–Crippen MR) is 128 cm³/mol. The number of nitrogens with one attached hydrogen (secondary N) is 1. The molecule has 0 atom stereocenters. The molecule has 0 unspecified atom stereocenters. The second-order valence-electron chi connectivity index (χ2n) is 7.80. The molecule has 2 amide bonds. The Morgan fingerprint density at radius 1 is 1.16 bits per heavy atom. The van der Waals surface area contributed by atoms with Crippen LogP contribution in [-0.2, 0) is 6.42 Å². The van der Waals surface area contributed by atoms with Crippen LogP contribution in [0.1, 0.15) is 18.4 Å². The average Bonchev–Trinajstić information content (AvgIpc) is 3.22. The van der Waals surface area contributed by atoms with Gasteiger partial charge in [0.05, 0.1) is 26.5 Å². The number of hydrogen-bond donors (Lipinski definition) is 1. The fourth-order valence-electron chi connectivity index (χ4n) is 3.75. The lowest BCUT2D eigenvalue weighted by atomic mass is 10.1. The SMILES string of the molecule is C=CCN(C)CCCCOc1ccc2c(c1)CCN2C(=O)Nc1ccc(OC)cc1OC. The standard InChI is InChI=1S/C25H33N3O4/c1-5-13-27(2)14-6-7-16-32-21-9-11-23-19(17-21)12-15-28(23)25(29)26-22-10-8-20(30-3)18-24(22)31-4/h5,8-11,17-18H,1,6-7,12-16H2,2-4H3,(H,26,29). The van der Waals surface area contributed by atoms with Gasteiger partial charge in [0.15, 0.2) is 0 Å². The molecule has 2 aromatic carbocycles. The number of anilines is 2. The molecule has 1 aliphatic rings. The van der Waals surface area contributed by atoms with Crippen molar-refractivity contribution in [2.45, 2.75) is 19.3 Å². The minimum Gasteiger partial charge on any atom is -0.497 e. The highest BCUT2D eigenvalue weighted by molar-refractivity contribution is 6.04. The molecule has 0 aliphatic carbocycles. The molecule has 0 radical (unpaired) electrons. The maximum Gasteiger partial charge on any atom is 0.326 e. The van der Waals surface area contributed by atoms with Gasteiger partial charge in [-0.05, 0) is 68.8 Å². The van der Waals surface area contributed by atoms with Crippen LogP contribution in [0.2, 0.25) is 0 Å². The van der Waals surface area contributed by atoms with Crippen LogP contribution in [0, 0.1) is 0 Å². The van der Waals surface area contributed by atoms with E-state index >= 15 is 0 Å². The fourth-order valence-corrected chi connectivity index (χ4v) is 3.75. The molecular weight excluding hydrogens is 406 g/mol. The summed E-state index contributed by atoms with van der Waals surface area (Å²) in [6, 6.07) is 11.1. The van der Waals surface area contributed by atoms with E-state index in [2.05, 4.69) is 23.8 Å². The lowest BCUT2D eigenvalue weighted by molar-refractivity contribution is 0.257.